The number of nitrogens with one attached hydrogen (secondary N) is 1. The predicted molar refractivity (Wildman–Crippen MR) is 84.7 cm³/mol. The van der Waals surface area contributed by atoms with Crippen LogP contribution in [0.4, 0.5) is 0 Å². The van der Waals surface area contributed by atoms with Crippen LogP contribution in [0.1, 0.15) is 47.0 Å². The first-order valence-electron chi connectivity index (χ1n) is 8.30. The maximum absolute atomic E-state index is 3.49. The summed E-state index contributed by atoms with van der Waals surface area (Å²) in [6, 6.07) is 0.688. The molecule has 1 aliphatic heterocycles. The molecule has 3 heteroatoms. The van der Waals surface area contributed by atoms with Gasteiger partial charge in [-0.2, -0.15) is 0 Å². The van der Waals surface area contributed by atoms with Crippen LogP contribution in [0.25, 0.3) is 0 Å². The van der Waals surface area contributed by atoms with Crippen molar-refractivity contribution in [2.75, 3.05) is 45.8 Å². The molecule has 19 heavy (non-hydrogen) atoms. The Labute approximate surface area is 120 Å². The number of nitrogens with zero attached hydrogens (tertiary/aromatic N) is 2. The van der Waals surface area contributed by atoms with Gasteiger partial charge in [0.25, 0.3) is 0 Å². The molecule has 1 heterocycles. The van der Waals surface area contributed by atoms with Gasteiger partial charge >= 0.3 is 0 Å². The van der Waals surface area contributed by atoms with Crippen LogP contribution in [-0.2, 0) is 0 Å². The van der Waals surface area contributed by atoms with Gasteiger partial charge in [-0.15, -0.1) is 0 Å². The molecule has 1 atom stereocenters. The Kier molecular flexibility index (Phi) is 8.67. The van der Waals surface area contributed by atoms with Crippen LogP contribution in [0.2, 0.25) is 0 Å². The van der Waals surface area contributed by atoms with Gasteiger partial charge in [-0.05, 0) is 38.8 Å². The highest BCUT2D eigenvalue weighted by molar-refractivity contribution is 4.72. The Morgan fingerprint density at radius 3 is 2.16 bits per heavy atom. The first-order valence-corrected chi connectivity index (χ1v) is 8.30. The molecule has 1 unspecified atom stereocenters. The molecule has 1 rings (SSSR count). The summed E-state index contributed by atoms with van der Waals surface area (Å²) in [6.07, 6.45) is 4.04. The lowest BCUT2D eigenvalue weighted by atomic mass is 10.1. The summed E-state index contributed by atoms with van der Waals surface area (Å²) in [6.45, 7) is 17.9. The average Bonchev–Trinajstić information content (AvgIpc) is 2.36. The van der Waals surface area contributed by atoms with Crippen LogP contribution >= 0.6 is 0 Å². The van der Waals surface area contributed by atoms with E-state index in [0.717, 1.165) is 12.5 Å². The fraction of sp³-hybridized carbons (Fsp3) is 1.00. The van der Waals surface area contributed by atoms with Gasteiger partial charge < -0.3 is 15.1 Å². The van der Waals surface area contributed by atoms with Crippen LogP contribution in [0.3, 0.4) is 0 Å². The molecule has 114 valence electrons. The molecule has 0 bridgehead atoms. The van der Waals surface area contributed by atoms with Gasteiger partial charge in [0, 0.05) is 38.8 Å². The summed E-state index contributed by atoms with van der Waals surface area (Å²) < 4.78 is 0. The monoisotopic (exact) mass is 269 g/mol. The number of hydrogen-bond acceptors (Lipinski definition) is 3. The van der Waals surface area contributed by atoms with E-state index in [-0.39, 0.29) is 0 Å². The zero-order valence-corrected chi connectivity index (χ0v) is 13.6. The van der Waals surface area contributed by atoms with Crippen LogP contribution in [0.5, 0.6) is 0 Å². The maximum Gasteiger partial charge on any atom is 0.0110 e. The summed E-state index contributed by atoms with van der Waals surface area (Å²) in [5, 5.41) is 3.49. The van der Waals surface area contributed by atoms with Crippen molar-refractivity contribution >= 4 is 0 Å². The minimum Gasteiger partial charge on any atom is -0.315 e. The third-order valence-electron chi connectivity index (χ3n) is 4.00. The van der Waals surface area contributed by atoms with Crippen molar-refractivity contribution in [3.8, 4) is 0 Å². The van der Waals surface area contributed by atoms with Gasteiger partial charge in [0.05, 0.1) is 0 Å². The van der Waals surface area contributed by atoms with Crippen LogP contribution in [0.15, 0.2) is 0 Å². The quantitative estimate of drug-likeness (QED) is 0.649. The SMILES string of the molecule is CCNC(C)CCCCN1CCN(CC(C)C)CC1. The molecule has 0 amide bonds. The molecule has 0 aromatic carbocycles. The summed E-state index contributed by atoms with van der Waals surface area (Å²) in [4.78, 5) is 5.27. The summed E-state index contributed by atoms with van der Waals surface area (Å²) >= 11 is 0. The highest BCUT2D eigenvalue weighted by atomic mass is 15.3. The van der Waals surface area contributed by atoms with Gasteiger partial charge in [0.1, 0.15) is 0 Å². The van der Waals surface area contributed by atoms with E-state index in [9.17, 15) is 0 Å². The second-order valence-corrected chi connectivity index (χ2v) is 6.49. The van der Waals surface area contributed by atoms with E-state index in [0.29, 0.717) is 6.04 Å². The predicted octanol–water partition coefficient (Wildman–Crippen LogP) is 2.43. The fourth-order valence-corrected chi connectivity index (χ4v) is 2.95. The normalized spacial score (nSPS) is 20.1. The molecule has 0 aromatic heterocycles. The molecule has 0 spiro atoms. The van der Waals surface area contributed by atoms with Gasteiger partial charge in [0.15, 0.2) is 0 Å². The van der Waals surface area contributed by atoms with E-state index in [1.165, 1.54) is 58.5 Å². The van der Waals surface area contributed by atoms with E-state index < -0.39 is 0 Å². The molecule has 0 saturated carbocycles. The van der Waals surface area contributed by atoms with E-state index in [2.05, 4.69) is 42.8 Å². The molecule has 1 saturated heterocycles. The molecule has 0 radical (unpaired) electrons. The number of rotatable bonds is 9. The van der Waals surface area contributed by atoms with Crippen LogP contribution in [-0.4, -0.2) is 61.7 Å². The van der Waals surface area contributed by atoms with Crippen molar-refractivity contribution in [1.29, 1.82) is 0 Å². The van der Waals surface area contributed by atoms with Crippen molar-refractivity contribution in [3.05, 3.63) is 0 Å². The number of unbranched alkanes of at least 4 members (excludes halogenated alkanes) is 1. The van der Waals surface area contributed by atoms with Crippen molar-refractivity contribution in [2.45, 2.75) is 53.0 Å². The lowest BCUT2D eigenvalue weighted by Gasteiger charge is -2.35. The third kappa shape index (κ3) is 7.91. The van der Waals surface area contributed by atoms with Crippen LogP contribution < -0.4 is 5.32 Å². The van der Waals surface area contributed by atoms with Gasteiger partial charge in [-0.25, -0.2) is 0 Å². The van der Waals surface area contributed by atoms with Gasteiger partial charge in [-0.3, -0.25) is 0 Å². The Morgan fingerprint density at radius 1 is 0.947 bits per heavy atom. The lowest BCUT2D eigenvalue weighted by molar-refractivity contribution is 0.120. The second kappa shape index (κ2) is 9.73. The summed E-state index contributed by atoms with van der Waals surface area (Å²) in [5.41, 5.74) is 0. The fourth-order valence-electron chi connectivity index (χ4n) is 2.95. The Morgan fingerprint density at radius 2 is 1.58 bits per heavy atom. The summed E-state index contributed by atoms with van der Waals surface area (Å²) in [7, 11) is 0. The van der Waals surface area contributed by atoms with Crippen LogP contribution in [0, 0.1) is 5.92 Å². The largest absolute Gasteiger partial charge is 0.315 e. The standard InChI is InChI=1S/C16H35N3/c1-5-17-16(4)8-6-7-9-18-10-12-19(13-11-18)14-15(2)3/h15-17H,5-14H2,1-4H3. The molecule has 1 fully saturated rings. The van der Waals surface area contributed by atoms with Gasteiger partial charge in [0.2, 0.25) is 0 Å². The minimum atomic E-state index is 0.688. The maximum atomic E-state index is 3.49. The smallest absolute Gasteiger partial charge is 0.0110 e. The molecular formula is C16H35N3. The van der Waals surface area contributed by atoms with Crippen molar-refractivity contribution < 1.29 is 0 Å². The molecule has 1 N–H and O–H groups in total. The van der Waals surface area contributed by atoms with Crippen molar-refractivity contribution in [3.63, 3.8) is 0 Å². The Balaban J connectivity index is 2.00. The first-order chi connectivity index (χ1) is 9.11. The van der Waals surface area contributed by atoms with Crippen molar-refractivity contribution in [1.82, 2.24) is 15.1 Å². The zero-order chi connectivity index (χ0) is 14.1. The Hall–Kier alpha value is -0.120. The number of piperazine rings is 1. The van der Waals surface area contributed by atoms with E-state index in [1.54, 1.807) is 0 Å². The van der Waals surface area contributed by atoms with Gasteiger partial charge in [-0.1, -0.05) is 27.2 Å². The Bertz CT molecular complexity index is 210. The minimum absolute atomic E-state index is 0.688. The molecule has 0 aliphatic carbocycles. The van der Waals surface area contributed by atoms with Crippen molar-refractivity contribution in [2.24, 2.45) is 5.92 Å². The topological polar surface area (TPSA) is 18.5 Å². The average molecular weight is 269 g/mol. The first kappa shape index (κ1) is 16.9. The molecule has 0 aromatic rings. The van der Waals surface area contributed by atoms with E-state index >= 15 is 0 Å². The second-order valence-electron chi connectivity index (χ2n) is 6.49. The van der Waals surface area contributed by atoms with E-state index in [4.69, 9.17) is 0 Å². The molecular weight excluding hydrogens is 234 g/mol. The third-order valence-corrected chi connectivity index (χ3v) is 4.00. The molecule has 1 aliphatic rings. The molecule has 3 nitrogen and oxygen atoms in total. The highest BCUT2D eigenvalue weighted by Crippen LogP contribution is 2.07. The highest BCUT2D eigenvalue weighted by Gasteiger charge is 2.16. The number of hydrogen-bond donors (Lipinski definition) is 1. The lowest BCUT2D eigenvalue weighted by Crippen LogP contribution is -2.47. The summed E-state index contributed by atoms with van der Waals surface area (Å²) in [5.74, 6) is 0.805. The zero-order valence-electron chi connectivity index (χ0n) is 13.6. The van der Waals surface area contributed by atoms with E-state index in [1.807, 2.05) is 0 Å².